The zero-order valence-electron chi connectivity index (χ0n) is 11.8. The third-order valence-corrected chi connectivity index (χ3v) is 5.66. The third kappa shape index (κ3) is 3.17. The number of hydrogen-bond acceptors (Lipinski definition) is 3. The summed E-state index contributed by atoms with van der Waals surface area (Å²) in [5, 5.41) is 6.47. The lowest BCUT2D eigenvalue weighted by atomic mass is 9.78. The van der Waals surface area contributed by atoms with Gasteiger partial charge in [-0.25, -0.2) is 13.1 Å². The van der Waals surface area contributed by atoms with E-state index < -0.39 is 10.0 Å². The van der Waals surface area contributed by atoms with Crippen molar-refractivity contribution in [1.29, 1.82) is 0 Å². The molecule has 1 saturated carbocycles. The first kappa shape index (κ1) is 14.5. The lowest BCUT2D eigenvalue weighted by Crippen LogP contribution is -2.43. The van der Waals surface area contributed by atoms with E-state index in [0.717, 1.165) is 19.3 Å². The van der Waals surface area contributed by atoms with Gasteiger partial charge in [-0.1, -0.05) is 26.7 Å². The van der Waals surface area contributed by atoms with Crippen molar-refractivity contribution >= 4 is 10.0 Å². The maximum Gasteiger partial charge on any atom is 0.244 e. The molecule has 2 unspecified atom stereocenters. The molecule has 1 aliphatic rings. The van der Waals surface area contributed by atoms with E-state index in [1.807, 2.05) is 0 Å². The van der Waals surface area contributed by atoms with Crippen LogP contribution >= 0.6 is 0 Å². The second-order valence-corrected chi connectivity index (χ2v) is 7.46. The molecule has 0 radical (unpaired) electrons. The van der Waals surface area contributed by atoms with Crippen LogP contribution in [0.15, 0.2) is 11.1 Å². The summed E-state index contributed by atoms with van der Waals surface area (Å²) in [7, 11) is -3.46. The first-order chi connectivity index (χ1) is 8.92. The van der Waals surface area contributed by atoms with E-state index in [-0.39, 0.29) is 10.9 Å². The molecule has 19 heavy (non-hydrogen) atoms. The van der Waals surface area contributed by atoms with E-state index in [1.54, 1.807) is 6.92 Å². The maximum atomic E-state index is 12.4. The second-order valence-electron chi connectivity index (χ2n) is 5.78. The summed E-state index contributed by atoms with van der Waals surface area (Å²) in [4.78, 5) is 0.264. The molecule has 1 aromatic heterocycles. The fourth-order valence-corrected chi connectivity index (χ4v) is 4.44. The quantitative estimate of drug-likeness (QED) is 0.890. The topological polar surface area (TPSA) is 74.8 Å². The Balaban J connectivity index is 2.17. The third-order valence-electron chi connectivity index (χ3n) is 4.06. The summed E-state index contributed by atoms with van der Waals surface area (Å²) in [6.07, 6.45) is 5.71. The molecule has 5 nitrogen and oxygen atoms in total. The Morgan fingerprint density at radius 3 is 2.63 bits per heavy atom. The van der Waals surface area contributed by atoms with Crippen LogP contribution in [-0.2, 0) is 10.0 Å². The zero-order chi connectivity index (χ0) is 14.0. The SMILES string of the molecule is Cc1[nH]ncc1S(=O)(=O)NC1CCCCC1C(C)C. The van der Waals surface area contributed by atoms with Crippen LogP contribution in [0.3, 0.4) is 0 Å². The Kier molecular flexibility index (Phi) is 4.30. The van der Waals surface area contributed by atoms with Crippen molar-refractivity contribution in [2.75, 3.05) is 0 Å². The normalized spacial score (nSPS) is 24.8. The highest BCUT2D eigenvalue weighted by atomic mass is 32.2. The number of aromatic amines is 1. The first-order valence-corrected chi connectivity index (χ1v) is 8.42. The standard InChI is InChI=1S/C13H23N3O2S/c1-9(2)11-6-4-5-7-12(11)16-19(17,18)13-8-14-15-10(13)3/h8-9,11-12,16H,4-7H2,1-3H3,(H,14,15). The molecule has 2 N–H and O–H groups in total. The minimum Gasteiger partial charge on any atom is -0.281 e. The Morgan fingerprint density at radius 1 is 1.37 bits per heavy atom. The second kappa shape index (κ2) is 5.63. The van der Waals surface area contributed by atoms with E-state index in [0.29, 0.717) is 17.5 Å². The Bertz CT molecular complexity index is 522. The molecule has 0 aliphatic heterocycles. The molecule has 0 amide bonds. The molecule has 6 heteroatoms. The molecule has 2 atom stereocenters. The zero-order valence-corrected chi connectivity index (χ0v) is 12.6. The highest BCUT2D eigenvalue weighted by molar-refractivity contribution is 7.89. The van der Waals surface area contributed by atoms with Crippen molar-refractivity contribution in [1.82, 2.24) is 14.9 Å². The molecule has 1 heterocycles. The first-order valence-electron chi connectivity index (χ1n) is 6.94. The summed E-state index contributed by atoms with van der Waals surface area (Å²) in [6.45, 7) is 6.06. The van der Waals surface area contributed by atoms with Gasteiger partial charge in [0.15, 0.2) is 0 Å². The number of rotatable bonds is 4. The van der Waals surface area contributed by atoms with E-state index in [2.05, 4.69) is 28.8 Å². The van der Waals surface area contributed by atoms with E-state index in [1.165, 1.54) is 12.6 Å². The van der Waals surface area contributed by atoms with Crippen LogP contribution in [0.25, 0.3) is 0 Å². The molecule has 1 aromatic rings. The van der Waals surface area contributed by atoms with Gasteiger partial charge < -0.3 is 0 Å². The number of nitrogens with one attached hydrogen (secondary N) is 2. The van der Waals surface area contributed by atoms with Crippen LogP contribution in [0.5, 0.6) is 0 Å². The minimum absolute atomic E-state index is 0.0491. The van der Waals surface area contributed by atoms with Crippen molar-refractivity contribution < 1.29 is 8.42 Å². The van der Waals surface area contributed by atoms with Crippen molar-refractivity contribution in [2.45, 2.75) is 57.4 Å². The average molecular weight is 285 g/mol. The van der Waals surface area contributed by atoms with Crippen LogP contribution < -0.4 is 4.72 Å². The molecule has 0 bridgehead atoms. The van der Waals surface area contributed by atoms with Gasteiger partial charge in [0.05, 0.1) is 11.9 Å². The molecule has 0 aromatic carbocycles. The predicted molar refractivity (Wildman–Crippen MR) is 74.2 cm³/mol. The smallest absolute Gasteiger partial charge is 0.244 e. The highest BCUT2D eigenvalue weighted by Crippen LogP contribution is 2.31. The lowest BCUT2D eigenvalue weighted by molar-refractivity contribution is 0.226. The molecular formula is C13H23N3O2S. The number of aryl methyl sites for hydroxylation is 1. The van der Waals surface area contributed by atoms with Gasteiger partial charge in [0.25, 0.3) is 0 Å². The van der Waals surface area contributed by atoms with Gasteiger partial charge in [0.1, 0.15) is 4.90 Å². The van der Waals surface area contributed by atoms with E-state index >= 15 is 0 Å². The molecular weight excluding hydrogens is 262 g/mol. The fraction of sp³-hybridized carbons (Fsp3) is 0.769. The van der Waals surface area contributed by atoms with Gasteiger partial charge in [-0.3, -0.25) is 5.10 Å². The van der Waals surface area contributed by atoms with E-state index in [4.69, 9.17) is 0 Å². The number of sulfonamides is 1. The lowest BCUT2D eigenvalue weighted by Gasteiger charge is -2.34. The Morgan fingerprint density at radius 2 is 2.05 bits per heavy atom. The minimum atomic E-state index is -3.46. The molecule has 1 aliphatic carbocycles. The summed E-state index contributed by atoms with van der Waals surface area (Å²) < 4.78 is 27.6. The number of hydrogen-bond donors (Lipinski definition) is 2. The molecule has 0 spiro atoms. The maximum absolute atomic E-state index is 12.4. The van der Waals surface area contributed by atoms with Crippen LogP contribution in [0.4, 0.5) is 0 Å². The average Bonchev–Trinajstić information content (AvgIpc) is 2.76. The summed E-state index contributed by atoms with van der Waals surface area (Å²) in [5.74, 6) is 0.925. The van der Waals surface area contributed by atoms with Gasteiger partial charge in [0.2, 0.25) is 10.0 Å². The number of H-pyrrole nitrogens is 1. The highest BCUT2D eigenvalue weighted by Gasteiger charge is 2.32. The molecule has 0 saturated heterocycles. The summed E-state index contributed by atoms with van der Waals surface area (Å²) in [5.41, 5.74) is 0.587. The van der Waals surface area contributed by atoms with Gasteiger partial charge in [-0.05, 0) is 31.6 Å². The van der Waals surface area contributed by atoms with Crippen LogP contribution in [0.2, 0.25) is 0 Å². The van der Waals surface area contributed by atoms with Gasteiger partial charge in [0, 0.05) is 6.04 Å². The van der Waals surface area contributed by atoms with Crippen LogP contribution in [0.1, 0.15) is 45.2 Å². The summed E-state index contributed by atoms with van der Waals surface area (Å²) >= 11 is 0. The largest absolute Gasteiger partial charge is 0.281 e. The van der Waals surface area contributed by atoms with Crippen molar-refractivity contribution in [3.05, 3.63) is 11.9 Å². The number of aromatic nitrogens is 2. The van der Waals surface area contributed by atoms with Crippen molar-refractivity contribution in [3.8, 4) is 0 Å². The molecule has 108 valence electrons. The van der Waals surface area contributed by atoms with Gasteiger partial charge >= 0.3 is 0 Å². The monoisotopic (exact) mass is 285 g/mol. The van der Waals surface area contributed by atoms with Gasteiger partial charge in [-0.15, -0.1) is 0 Å². The predicted octanol–water partition coefficient (Wildman–Crippen LogP) is 2.21. The van der Waals surface area contributed by atoms with Crippen molar-refractivity contribution in [3.63, 3.8) is 0 Å². The Hall–Kier alpha value is -0.880. The van der Waals surface area contributed by atoms with E-state index in [9.17, 15) is 8.42 Å². The van der Waals surface area contributed by atoms with Crippen molar-refractivity contribution in [2.24, 2.45) is 11.8 Å². The molecule has 2 rings (SSSR count). The van der Waals surface area contributed by atoms with Crippen LogP contribution in [0, 0.1) is 18.8 Å². The summed E-state index contributed by atoms with van der Waals surface area (Å²) in [6, 6.07) is 0.0491. The Labute approximate surface area is 115 Å². The number of nitrogens with zero attached hydrogens (tertiary/aromatic N) is 1. The van der Waals surface area contributed by atoms with Gasteiger partial charge in [-0.2, -0.15) is 5.10 Å². The fourth-order valence-electron chi connectivity index (χ4n) is 2.98. The van der Waals surface area contributed by atoms with Crippen LogP contribution in [-0.4, -0.2) is 24.7 Å². The molecule has 1 fully saturated rings.